The standard InChI is InChI=1S/C14H15ClFN3O/c1-14(6-2-3-7-17-14)13-18-12(19-20-13)9-4-5-11(16)10(15)8-9/h4-5,8,17H,2-3,6-7H2,1H3. The van der Waals surface area contributed by atoms with Crippen LogP contribution in [0.3, 0.4) is 0 Å². The lowest BCUT2D eigenvalue weighted by molar-refractivity contribution is 0.207. The third-order valence-corrected chi connectivity index (χ3v) is 3.98. The molecule has 2 aromatic rings. The van der Waals surface area contributed by atoms with Crippen molar-refractivity contribution in [2.45, 2.75) is 31.7 Å². The summed E-state index contributed by atoms with van der Waals surface area (Å²) in [6.07, 6.45) is 3.24. The van der Waals surface area contributed by atoms with Crippen molar-refractivity contribution in [2.24, 2.45) is 0 Å². The molecule has 106 valence electrons. The van der Waals surface area contributed by atoms with Crippen LogP contribution in [0.2, 0.25) is 5.02 Å². The maximum Gasteiger partial charge on any atom is 0.246 e. The van der Waals surface area contributed by atoms with E-state index >= 15 is 0 Å². The van der Waals surface area contributed by atoms with Crippen molar-refractivity contribution in [3.63, 3.8) is 0 Å². The highest BCUT2D eigenvalue weighted by atomic mass is 35.5. The van der Waals surface area contributed by atoms with Gasteiger partial charge in [0.15, 0.2) is 0 Å². The molecule has 1 aliphatic heterocycles. The van der Waals surface area contributed by atoms with Crippen LogP contribution in [0.25, 0.3) is 11.4 Å². The molecular formula is C14H15ClFN3O. The molecule has 0 bridgehead atoms. The van der Waals surface area contributed by atoms with Gasteiger partial charge in [0.1, 0.15) is 5.82 Å². The van der Waals surface area contributed by atoms with Gasteiger partial charge in [0.05, 0.1) is 10.6 Å². The predicted molar refractivity (Wildman–Crippen MR) is 73.9 cm³/mol. The Kier molecular flexibility index (Phi) is 3.48. The van der Waals surface area contributed by atoms with Crippen molar-refractivity contribution in [3.8, 4) is 11.4 Å². The Morgan fingerprint density at radius 2 is 2.25 bits per heavy atom. The van der Waals surface area contributed by atoms with Crippen LogP contribution < -0.4 is 5.32 Å². The summed E-state index contributed by atoms with van der Waals surface area (Å²) in [5, 5.41) is 7.44. The predicted octanol–water partition coefficient (Wildman–Crippen LogP) is 3.52. The maximum atomic E-state index is 13.2. The molecule has 1 unspecified atom stereocenters. The second kappa shape index (κ2) is 5.14. The van der Waals surface area contributed by atoms with E-state index < -0.39 is 5.82 Å². The Morgan fingerprint density at radius 1 is 1.40 bits per heavy atom. The maximum absolute atomic E-state index is 13.2. The molecule has 0 radical (unpaired) electrons. The minimum atomic E-state index is -0.458. The highest BCUT2D eigenvalue weighted by Gasteiger charge is 2.34. The summed E-state index contributed by atoms with van der Waals surface area (Å²) in [5.74, 6) is 0.531. The summed E-state index contributed by atoms with van der Waals surface area (Å²) >= 11 is 5.77. The third-order valence-electron chi connectivity index (χ3n) is 3.69. The first-order valence-electron chi connectivity index (χ1n) is 6.63. The second-order valence-electron chi connectivity index (χ2n) is 5.27. The van der Waals surface area contributed by atoms with Crippen LogP contribution in [0, 0.1) is 5.82 Å². The average molecular weight is 296 g/mol. The number of hydrogen-bond acceptors (Lipinski definition) is 4. The molecule has 4 nitrogen and oxygen atoms in total. The molecule has 1 aromatic heterocycles. The smallest absolute Gasteiger partial charge is 0.246 e. The molecular weight excluding hydrogens is 281 g/mol. The van der Waals surface area contributed by atoms with Crippen LogP contribution in [0.4, 0.5) is 4.39 Å². The highest BCUT2D eigenvalue weighted by molar-refractivity contribution is 6.31. The summed E-state index contributed by atoms with van der Waals surface area (Å²) in [6, 6.07) is 4.39. The number of nitrogens with zero attached hydrogens (tertiary/aromatic N) is 2. The van der Waals surface area contributed by atoms with E-state index in [0.717, 1.165) is 25.8 Å². The van der Waals surface area contributed by atoms with Crippen molar-refractivity contribution in [1.82, 2.24) is 15.5 Å². The first-order chi connectivity index (χ1) is 9.58. The fourth-order valence-electron chi connectivity index (χ4n) is 2.44. The first kappa shape index (κ1) is 13.5. The van der Waals surface area contributed by atoms with E-state index in [1.165, 1.54) is 12.1 Å². The number of hydrogen-bond donors (Lipinski definition) is 1. The van der Waals surface area contributed by atoms with Gasteiger partial charge in [-0.25, -0.2) is 4.39 Å². The van der Waals surface area contributed by atoms with Crippen LogP contribution in [-0.2, 0) is 5.54 Å². The van der Waals surface area contributed by atoms with E-state index in [9.17, 15) is 4.39 Å². The van der Waals surface area contributed by atoms with Gasteiger partial charge in [-0.05, 0) is 50.9 Å². The van der Waals surface area contributed by atoms with Crippen molar-refractivity contribution < 1.29 is 8.91 Å². The van der Waals surface area contributed by atoms with E-state index in [1.54, 1.807) is 6.07 Å². The van der Waals surface area contributed by atoms with E-state index in [1.807, 2.05) is 0 Å². The van der Waals surface area contributed by atoms with E-state index in [-0.39, 0.29) is 10.6 Å². The number of halogens is 2. The normalized spacial score (nSPS) is 22.9. The van der Waals surface area contributed by atoms with Gasteiger partial charge < -0.3 is 9.84 Å². The van der Waals surface area contributed by atoms with Gasteiger partial charge >= 0.3 is 0 Å². The highest BCUT2D eigenvalue weighted by Crippen LogP contribution is 2.30. The minimum absolute atomic E-state index is 0.0517. The lowest BCUT2D eigenvalue weighted by Gasteiger charge is -2.31. The van der Waals surface area contributed by atoms with Gasteiger partial charge in [-0.1, -0.05) is 16.8 Å². The van der Waals surface area contributed by atoms with Crippen LogP contribution in [0.15, 0.2) is 22.7 Å². The summed E-state index contributed by atoms with van der Waals surface area (Å²) in [7, 11) is 0. The molecule has 1 N–H and O–H groups in total. The Morgan fingerprint density at radius 3 is 2.95 bits per heavy atom. The van der Waals surface area contributed by atoms with Crippen molar-refractivity contribution in [2.75, 3.05) is 6.54 Å². The zero-order chi connectivity index (χ0) is 14.2. The lowest BCUT2D eigenvalue weighted by Crippen LogP contribution is -2.43. The zero-order valence-electron chi connectivity index (χ0n) is 11.1. The summed E-state index contributed by atoms with van der Waals surface area (Å²) in [5.41, 5.74) is 0.360. The molecule has 1 saturated heterocycles. The Bertz CT molecular complexity index is 623. The summed E-state index contributed by atoms with van der Waals surface area (Å²) in [4.78, 5) is 4.43. The van der Waals surface area contributed by atoms with Gasteiger partial charge in [-0.3, -0.25) is 0 Å². The first-order valence-corrected chi connectivity index (χ1v) is 7.01. The summed E-state index contributed by atoms with van der Waals surface area (Å²) < 4.78 is 18.5. The number of aromatic nitrogens is 2. The van der Waals surface area contributed by atoms with Crippen molar-refractivity contribution in [3.05, 3.63) is 34.9 Å². The molecule has 1 atom stereocenters. The van der Waals surface area contributed by atoms with E-state index in [4.69, 9.17) is 16.1 Å². The molecule has 1 fully saturated rings. The molecule has 0 aliphatic carbocycles. The Labute approximate surface area is 121 Å². The van der Waals surface area contributed by atoms with Crippen molar-refractivity contribution >= 4 is 11.6 Å². The number of nitrogens with one attached hydrogen (secondary N) is 1. The van der Waals surface area contributed by atoms with Crippen LogP contribution >= 0.6 is 11.6 Å². The van der Waals surface area contributed by atoms with Gasteiger partial charge in [0.2, 0.25) is 11.7 Å². The number of piperidine rings is 1. The molecule has 1 aromatic carbocycles. The number of benzene rings is 1. The monoisotopic (exact) mass is 295 g/mol. The molecule has 0 spiro atoms. The van der Waals surface area contributed by atoms with Crippen LogP contribution in [0.1, 0.15) is 32.1 Å². The largest absolute Gasteiger partial charge is 0.337 e. The van der Waals surface area contributed by atoms with Crippen molar-refractivity contribution in [1.29, 1.82) is 0 Å². The van der Waals surface area contributed by atoms with Gasteiger partial charge in [0.25, 0.3) is 0 Å². The quantitative estimate of drug-likeness (QED) is 0.921. The third kappa shape index (κ3) is 2.43. The average Bonchev–Trinajstić information content (AvgIpc) is 2.93. The van der Waals surface area contributed by atoms with Gasteiger partial charge in [-0.2, -0.15) is 4.98 Å². The number of rotatable bonds is 2. The molecule has 3 rings (SSSR count). The minimum Gasteiger partial charge on any atom is -0.337 e. The molecule has 0 saturated carbocycles. The van der Waals surface area contributed by atoms with Crippen LogP contribution in [0.5, 0.6) is 0 Å². The fraction of sp³-hybridized carbons (Fsp3) is 0.429. The molecule has 0 amide bonds. The van der Waals surface area contributed by atoms with E-state index in [0.29, 0.717) is 17.3 Å². The topological polar surface area (TPSA) is 51.0 Å². The second-order valence-corrected chi connectivity index (χ2v) is 5.68. The summed E-state index contributed by atoms with van der Waals surface area (Å²) in [6.45, 7) is 3.00. The lowest BCUT2D eigenvalue weighted by atomic mass is 9.91. The fourth-order valence-corrected chi connectivity index (χ4v) is 2.62. The van der Waals surface area contributed by atoms with Gasteiger partial charge in [-0.15, -0.1) is 0 Å². The molecule has 6 heteroatoms. The molecule has 2 heterocycles. The Hall–Kier alpha value is -1.46. The van der Waals surface area contributed by atoms with E-state index in [2.05, 4.69) is 22.4 Å². The van der Waals surface area contributed by atoms with Gasteiger partial charge in [0, 0.05) is 5.56 Å². The molecule has 1 aliphatic rings. The van der Waals surface area contributed by atoms with Crippen LogP contribution in [-0.4, -0.2) is 16.7 Å². The molecule has 20 heavy (non-hydrogen) atoms. The Balaban J connectivity index is 1.91. The zero-order valence-corrected chi connectivity index (χ0v) is 11.9. The SMILES string of the molecule is CC1(c2nc(-c3ccc(F)c(Cl)c3)no2)CCCCN1.